The summed E-state index contributed by atoms with van der Waals surface area (Å²) >= 11 is 5.68. The summed E-state index contributed by atoms with van der Waals surface area (Å²) in [4.78, 5) is 12.4. The van der Waals surface area contributed by atoms with E-state index in [1.54, 1.807) is 0 Å². The summed E-state index contributed by atoms with van der Waals surface area (Å²) in [5, 5.41) is 2.49. The van der Waals surface area contributed by atoms with E-state index in [-0.39, 0.29) is 15.5 Å². The lowest BCUT2D eigenvalue weighted by Gasteiger charge is -2.17. The van der Waals surface area contributed by atoms with Gasteiger partial charge in [-0.1, -0.05) is 24.9 Å². The first-order chi connectivity index (χ1) is 12.3. The zero-order valence-corrected chi connectivity index (χ0v) is 16.1. The van der Waals surface area contributed by atoms with E-state index in [0.717, 1.165) is 18.9 Å². The molecule has 0 heterocycles. The van der Waals surface area contributed by atoms with Gasteiger partial charge in [-0.25, -0.2) is 17.1 Å². The number of nitrogens with one attached hydrogen (secondary N) is 1. The zero-order chi connectivity index (χ0) is 19.3. The molecule has 0 aliphatic carbocycles. The fraction of sp³-hybridized carbons (Fsp3) is 0.278. The SMILES string of the molecule is CCCCN(C)S(=O)(=O)c1ccc(C(=O)Nc2ccc(F)c(Cl)c2)cc1. The topological polar surface area (TPSA) is 66.5 Å². The summed E-state index contributed by atoms with van der Waals surface area (Å²) in [5.41, 5.74) is 0.623. The molecule has 1 amide bonds. The number of amides is 1. The van der Waals surface area contributed by atoms with E-state index in [0.29, 0.717) is 12.2 Å². The second-order valence-electron chi connectivity index (χ2n) is 5.79. The molecular formula is C18H20ClFN2O3S. The molecule has 0 aliphatic rings. The van der Waals surface area contributed by atoms with Crippen molar-refractivity contribution in [1.29, 1.82) is 0 Å². The molecule has 0 aliphatic heterocycles. The van der Waals surface area contributed by atoms with Crippen LogP contribution in [0.3, 0.4) is 0 Å². The molecule has 8 heteroatoms. The van der Waals surface area contributed by atoms with Crippen molar-refractivity contribution in [3.8, 4) is 0 Å². The second-order valence-corrected chi connectivity index (χ2v) is 8.24. The number of carbonyl (C=O) groups excluding carboxylic acids is 1. The largest absolute Gasteiger partial charge is 0.322 e. The van der Waals surface area contributed by atoms with Gasteiger partial charge in [0.1, 0.15) is 5.82 Å². The number of hydrogen-bond donors (Lipinski definition) is 1. The average Bonchev–Trinajstić information content (AvgIpc) is 2.62. The van der Waals surface area contributed by atoms with Gasteiger partial charge in [-0.3, -0.25) is 4.79 Å². The third-order valence-electron chi connectivity index (χ3n) is 3.83. The first-order valence-electron chi connectivity index (χ1n) is 8.08. The number of benzene rings is 2. The van der Waals surface area contributed by atoms with Gasteiger partial charge in [0.2, 0.25) is 10.0 Å². The highest BCUT2D eigenvalue weighted by atomic mass is 35.5. The molecule has 2 rings (SSSR count). The van der Waals surface area contributed by atoms with Gasteiger partial charge in [-0.15, -0.1) is 0 Å². The highest BCUT2D eigenvalue weighted by Crippen LogP contribution is 2.21. The summed E-state index contributed by atoms with van der Waals surface area (Å²) in [6.07, 6.45) is 1.67. The van der Waals surface area contributed by atoms with Crippen molar-refractivity contribution in [3.05, 3.63) is 58.9 Å². The smallest absolute Gasteiger partial charge is 0.255 e. The molecular weight excluding hydrogens is 379 g/mol. The predicted octanol–water partition coefficient (Wildman–Crippen LogP) is 4.15. The van der Waals surface area contributed by atoms with Gasteiger partial charge in [0.25, 0.3) is 5.91 Å². The Hall–Kier alpha value is -1.96. The van der Waals surface area contributed by atoms with E-state index in [1.807, 2.05) is 6.92 Å². The molecule has 0 fully saturated rings. The molecule has 0 aromatic heterocycles. The minimum atomic E-state index is -3.58. The number of hydrogen-bond acceptors (Lipinski definition) is 3. The molecule has 0 saturated carbocycles. The third-order valence-corrected chi connectivity index (χ3v) is 5.99. The number of halogens is 2. The average molecular weight is 399 g/mol. The Morgan fingerprint density at radius 3 is 2.42 bits per heavy atom. The molecule has 0 radical (unpaired) electrons. The zero-order valence-electron chi connectivity index (χ0n) is 14.5. The van der Waals surface area contributed by atoms with Crippen molar-refractivity contribution >= 4 is 33.2 Å². The lowest BCUT2D eigenvalue weighted by Crippen LogP contribution is -2.28. The number of anilines is 1. The number of unbranched alkanes of at least 4 members (excludes halogenated alkanes) is 1. The first-order valence-corrected chi connectivity index (χ1v) is 9.90. The second kappa shape index (κ2) is 8.62. The van der Waals surface area contributed by atoms with Crippen LogP contribution in [0.25, 0.3) is 0 Å². The van der Waals surface area contributed by atoms with E-state index >= 15 is 0 Å². The lowest BCUT2D eigenvalue weighted by molar-refractivity contribution is 0.102. The monoisotopic (exact) mass is 398 g/mol. The van der Waals surface area contributed by atoms with Gasteiger partial charge in [0.05, 0.1) is 9.92 Å². The van der Waals surface area contributed by atoms with Crippen LogP contribution in [0.4, 0.5) is 10.1 Å². The standard InChI is InChI=1S/C18H20ClFN2O3S/c1-3-4-11-22(2)26(24,25)15-8-5-13(6-9-15)18(23)21-14-7-10-17(20)16(19)12-14/h5-10,12H,3-4,11H2,1-2H3,(H,21,23). The van der Waals surface area contributed by atoms with Crippen LogP contribution in [0.2, 0.25) is 5.02 Å². The van der Waals surface area contributed by atoms with Gasteiger partial charge in [0.15, 0.2) is 0 Å². The minimum absolute atomic E-state index is 0.0978. The molecule has 0 bridgehead atoms. The predicted molar refractivity (Wildman–Crippen MR) is 101 cm³/mol. The molecule has 0 atom stereocenters. The van der Waals surface area contributed by atoms with Crippen LogP contribution in [0, 0.1) is 5.82 Å². The molecule has 1 N–H and O–H groups in total. The Morgan fingerprint density at radius 1 is 1.19 bits per heavy atom. The Labute approximate surface area is 157 Å². The maximum absolute atomic E-state index is 13.2. The molecule has 0 saturated heterocycles. The molecule has 2 aromatic carbocycles. The van der Waals surface area contributed by atoms with Crippen LogP contribution < -0.4 is 5.32 Å². The van der Waals surface area contributed by atoms with Crippen molar-refractivity contribution in [3.63, 3.8) is 0 Å². The first kappa shape index (κ1) is 20.4. The third kappa shape index (κ3) is 4.81. The van der Waals surface area contributed by atoms with Crippen LogP contribution in [0.15, 0.2) is 47.4 Å². The molecule has 2 aromatic rings. The van der Waals surface area contributed by atoms with Gasteiger partial charge in [0, 0.05) is 24.8 Å². The highest BCUT2D eigenvalue weighted by Gasteiger charge is 2.20. The van der Waals surface area contributed by atoms with E-state index in [9.17, 15) is 17.6 Å². The Kier molecular flexibility index (Phi) is 6.75. The fourth-order valence-corrected chi connectivity index (χ4v) is 3.63. The molecule has 140 valence electrons. The minimum Gasteiger partial charge on any atom is -0.322 e. The van der Waals surface area contributed by atoms with Crippen LogP contribution in [-0.2, 0) is 10.0 Å². The Bertz CT molecular complexity index is 886. The van der Waals surface area contributed by atoms with Crippen LogP contribution in [0.5, 0.6) is 0 Å². The molecule has 26 heavy (non-hydrogen) atoms. The number of sulfonamides is 1. The van der Waals surface area contributed by atoms with E-state index in [4.69, 9.17) is 11.6 Å². The van der Waals surface area contributed by atoms with Crippen molar-refractivity contribution in [2.24, 2.45) is 0 Å². The van der Waals surface area contributed by atoms with Gasteiger partial charge in [-0.05, 0) is 48.9 Å². The van der Waals surface area contributed by atoms with Crippen LogP contribution >= 0.6 is 11.6 Å². The molecule has 0 unspecified atom stereocenters. The maximum atomic E-state index is 13.2. The van der Waals surface area contributed by atoms with Crippen molar-refractivity contribution < 1.29 is 17.6 Å². The highest BCUT2D eigenvalue weighted by molar-refractivity contribution is 7.89. The normalized spacial score (nSPS) is 11.6. The quantitative estimate of drug-likeness (QED) is 0.761. The van der Waals surface area contributed by atoms with E-state index in [2.05, 4.69) is 5.32 Å². The van der Waals surface area contributed by atoms with Gasteiger partial charge < -0.3 is 5.32 Å². The number of nitrogens with zero attached hydrogens (tertiary/aromatic N) is 1. The summed E-state index contributed by atoms with van der Waals surface area (Å²) in [6, 6.07) is 9.49. The summed E-state index contributed by atoms with van der Waals surface area (Å²) < 4.78 is 39.4. The maximum Gasteiger partial charge on any atom is 0.255 e. The van der Waals surface area contributed by atoms with Gasteiger partial charge >= 0.3 is 0 Å². The summed E-state index contributed by atoms with van der Waals surface area (Å²) in [7, 11) is -2.05. The van der Waals surface area contributed by atoms with Crippen LogP contribution in [-0.4, -0.2) is 32.2 Å². The number of rotatable bonds is 7. The van der Waals surface area contributed by atoms with Gasteiger partial charge in [-0.2, -0.15) is 0 Å². The van der Waals surface area contributed by atoms with Crippen LogP contribution in [0.1, 0.15) is 30.1 Å². The Balaban J connectivity index is 2.13. The van der Waals surface area contributed by atoms with E-state index in [1.165, 1.54) is 47.8 Å². The summed E-state index contributed by atoms with van der Waals surface area (Å²) in [5.74, 6) is -1.03. The van der Waals surface area contributed by atoms with Crippen molar-refractivity contribution in [2.45, 2.75) is 24.7 Å². The lowest BCUT2D eigenvalue weighted by atomic mass is 10.2. The summed E-state index contributed by atoms with van der Waals surface area (Å²) in [6.45, 7) is 2.43. The Morgan fingerprint density at radius 2 is 1.85 bits per heavy atom. The fourth-order valence-electron chi connectivity index (χ4n) is 2.24. The van der Waals surface area contributed by atoms with E-state index < -0.39 is 21.7 Å². The number of carbonyl (C=O) groups is 1. The van der Waals surface area contributed by atoms with Crippen molar-refractivity contribution in [2.75, 3.05) is 18.9 Å². The van der Waals surface area contributed by atoms with Crippen molar-refractivity contribution in [1.82, 2.24) is 4.31 Å². The molecule has 0 spiro atoms. The molecule has 5 nitrogen and oxygen atoms in total.